The van der Waals surface area contributed by atoms with Crippen molar-refractivity contribution in [3.8, 4) is 0 Å². The fourth-order valence-corrected chi connectivity index (χ4v) is 3.04. The molecule has 1 N–H and O–H groups in total. The van der Waals surface area contributed by atoms with Crippen LogP contribution >= 0.6 is 7.75 Å². The first-order chi connectivity index (χ1) is 9.34. The van der Waals surface area contributed by atoms with Gasteiger partial charge in [0.1, 0.15) is 0 Å². The van der Waals surface area contributed by atoms with Crippen molar-refractivity contribution in [2.24, 2.45) is 0 Å². The number of nitrogens with zero attached hydrogens (tertiary/aromatic N) is 1. The van der Waals surface area contributed by atoms with E-state index in [4.69, 9.17) is 9.05 Å². The Labute approximate surface area is 119 Å². The molecule has 112 valence electrons. The lowest BCUT2D eigenvalue weighted by Gasteiger charge is -2.31. The second-order valence-corrected chi connectivity index (χ2v) is 6.67. The predicted octanol–water partition coefficient (Wildman–Crippen LogP) is 3.64. The van der Waals surface area contributed by atoms with Crippen LogP contribution in [0.25, 0.3) is 0 Å². The summed E-state index contributed by atoms with van der Waals surface area (Å²) < 4.78 is 23.2. The minimum absolute atomic E-state index is 0.341. The molecule has 7 heteroatoms. The van der Waals surface area contributed by atoms with Crippen LogP contribution in [-0.2, 0) is 13.6 Å². The summed E-state index contributed by atoms with van der Waals surface area (Å²) in [5.74, 6) is 0. The third kappa shape index (κ3) is 3.82. The molecule has 0 aliphatic carbocycles. The zero-order valence-corrected chi connectivity index (χ0v) is 13.3. The fourth-order valence-electron chi connectivity index (χ4n) is 1.70. The quantitative estimate of drug-likeness (QED) is 0.843. The molecular formula is C13H21N2O4P. The normalized spacial score (nSPS) is 11.5. The summed E-state index contributed by atoms with van der Waals surface area (Å²) in [6.45, 7) is 5.43. The van der Waals surface area contributed by atoms with Gasteiger partial charge in [-0.25, -0.2) is 14.0 Å². The minimum atomic E-state index is -3.63. The number of nitrogens with one attached hydrogen (secondary N) is 1. The summed E-state index contributed by atoms with van der Waals surface area (Å²) >= 11 is 0. The molecule has 0 aromatic heterocycles. The van der Waals surface area contributed by atoms with Crippen molar-refractivity contribution < 1.29 is 18.4 Å². The van der Waals surface area contributed by atoms with Crippen molar-refractivity contribution in [2.45, 2.75) is 26.8 Å². The van der Waals surface area contributed by atoms with E-state index in [1.54, 1.807) is 26.0 Å². The predicted molar refractivity (Wildman–Crippen MR) is 78.8 cm³/mol. The highest BCUT2D eigenvalue weighted by molar-refractivity contribution is 7.52. The molecule has 0 heterocycles. The number of benzene rings is 1. The molecule has 0 saturated carbocycles. The Kier molecular flexibility index (Phi) is 5.74. The maximum absolute atomic E-state index is 12.4. The fraction of sp³-hybridized carbons (Fsp3) is 0.462. The van der Waals surface area contributed by atoms with Gasteiger partial charge in [-0.15, -0.1) is 0 Å². The second kappa shape index (κ2) is 6.88. The maximum Gasteiger partial charge on any atom is 0.438 e. The molecule has 0 spiro atoms. The average Bonchev–Trinajstić information content (AvgIpc) is 2.40. The van der Waals surface area contributed by atoms with Crippen LogP contribution in [0.3, 0.4) is 0 Å². The van der Waals surface area contributed by atoms with E-state index in [1.807, 2.05) is 19.1 Å². The molecule has 1 aromatic carbocycles. The summed E-state index contributed by atoms with van der Waals surface area (Å²) in [5.41, 5.74) is 1.70. The van der Waals surface area contributed by atoms with Crippen LogP contribution < -0.4 is 5.32 Å². The standard InChI is InChI=1S/C13H21N2O4P/c1-10(2)15(20(17,18-4)19-5)13(16)14-12-8-6-11(3)7-9-12/h6-10H,1-5H3,(H,14,16). The van der Waals surface area contributed by atoms with Gasteiger partial charge < -0.3 is 5.32 Å². The van der Waals surface area contributed by atoms with Crippen LogP contribution in [0.5, 0.6) is 0 Å². The van der Waals surface area contributed by atoms with Crippen molar-refractivity contribution in [3.05, 3.63) is 29.8 Å². The van der Waals surface area contributed by atoms with Gasteiger partial charge in [0.25, 0.3) is 0 Å². The Hall–Kier alpha value is -1.36. The van der Waals surface area contributed by atoms with Gasteiger partial charge >= 0.3 is 13.8 Å². The van der Waals surface area contributed by atoms with Gasteiger partial charge in [-0.05, 0) is 32.9 Å². The first-order valence-corrected chi connectivity index (χ1v) is 7.72. The number of hydrogen-bond acceptors (Lipinski definition) is 4. The van der Waals surface area contributed by atoms with E-state index < -0.39 is 13.8 Å². The number of carbonyl (C=O) groups excluding carboxylic acids is 1. The van der Waals surface area contributed by atoms with Crippen molar-refractivity contribution in [3.63, 3.8) is 0 Å². The molecule has 20 heavy (non-hydrogen) atoms. The zero-order valence-electron chi connectivity index (χ0n) is 12.4. The topological polar surface area (TPSA) is 67.9 Å². The van der Waals surface area contributed by atoms with E-state index >= 15 is 0 Å². The summed E-state index contributed by atoms with van der Waals surface area (Å²) in [7, 11) is -1.13. The summed E-state index contributed by atoms with van der Waals surface area (Å²) in [6.07, 6.45) is 0. The van der Waals surface area contributed by atoms with Crippen LogP contribution in [0.1, 0.15) is 19.4 Å². The molecule has 1 rings (SSSR count). The van der Waals surface area contributed by atoms with Crippen molar-refractivity contribution >= 4 is 19.5 Å². The largest absolute Gasteiger partial charge is 0.438 e. The second-order valence-electron chi connectivity index (χ2n) is 4.57. The monoisotopic (exact) mass is 300 g/mol. The summed E-state index contributed by atoms with van der Waals surface area (Å²) in [6, 6.07) is 6.43. The van der Waals surface area contributed by atoms with Crippen LogP contribution in [-0.4, -0.2) is 31.0 Å². The van der Waals surface area contributed by atoms with Gasteiger partial charge in [-0.3, -0.25) is 9.05 Å². The Morgan fingerprint density at radius 3 is 2.10 bits per heavy atom. The molecule has 0 saturated heterocycles. The van der Waals surface area contributed by atoms with Gasteiger partial charge in [-0.1, -0.05) is 17.7 Å². The van der Waals surface area contributed by atoms with Gasteiger partial charge in [0.2, 0.25) is 0 Å². The highest BCUT2D eigenvalue weighted by Crippen LogP contribution is 2.51. The van der Waals surface area contributed by atoms with Crippen molar-refractivity contribution in [1.29, 1.82) is 0 Å². The lowest BCUT2D eigenvalue weighted by atomic mass is 10.2. The highest BCUT2D eigenvalue weighted by atomic mass is 31.2. The van der Waals surface area contributed by atoms with Crippen LogP contribution in [0, 0.1) is 6.92 Å². The molecule has 0 bridgehead atoms. The zero-order chi connectivity index (χ0) is 15.3. The van der Waals surface area contributed by atoms with Crippen molar-refractivity contribution in [2.75, 3.05) is 19.5 Å². The van der Waals surface area contributed by atoms with E-state index in [9.17, 15) is 9.36 Å². The van der Waals surface area contributed by atoms with Gasteiger partial charge in [0, 0.05) is 25.9 Å². The molecule has 1 aromatic rings. The lowest BCUT2D eigenvalue weighted by molar-refractivity contribution is 0.188. The van der Waals surface area contributed by atoms with Crippen molar-refractivity contribution in [1.82, 2.24) is 4.67 Å². The average molecular weight is 300 g/mol. The number of urea groups is 1. The number of amides is 2. The molecule has 0 fully saturated rings. The van der Waals surface area contributed by atoms with Crippen LogP contribution in [0.4, 0.5) is 10.5 Å². The molecule has 0 atom stereocenters. The number of rotatable bonds is 5. The number of hydrogen-bond donors (Lipinski definition) is 1. The van der Waals surface area contributed by atoms with E-state index in [0.29, 0.717) is 5.69 Å². The van der Waals surface area contributed by atoms with Crippen LogP contribution in [0.15, 0.2) is 24.3 Å². The van der Waals surface area contributed by atoms with E-state index in [2.05, 4.69) is 5.32 Å². The van der Waals surface area contributed by atoms with Gasteiger partial charge in [0.15, 0.2) is 0 Å². The Balaban J connectivity index is 2.96. The highest BCUT2D eigenvalue weighted by Gasteiger charge is 2.37. The first kappa shape index (κ1) is 16.7. The maximum atomic E-state index is 12.4. The molecule has 0 unspecified atom stereocenters. The van der Waals surface area contributed by atoms with E-state index in [1.165, 1.54) is 14.2 Å². The smallest absolute Gasteiger partial charge is 0.307 e. The lowest BCUT2D eigenvalue weighted by Crippen LogP contribution is -2.38. The Bertz CT molecular complexity index is 494. The summed E-state index contributed by atoms with van der Waals surface area (Å²) in [4.78, 5) is 12.3. The number of carbonyl (C=O) groups is 1. The molecule has 0 aliphatic rings. The number of aryl methyl sites for hydroxylation is 1. The van der Waals surface area contributed by atoms with E-state index in [0.717, 1.165) is 10.2 Å². The van der Waals surface area contributed by atoms with Gasteiger partial charge in [0.05, 0.1) is 0 Å². The molecule has 6 nitrogen and oxygen atoms in total. The molecule has 0 radical (unpaired) electrons. The first-order valence-electron chi connectivity index (χ1n) is 6.23. The summed E-state index contributed by atoms with van der Waals surface area (Å²) in [5, 5.41) is 2.68. The molecule has 0 aliphatic heterocycles. The third-order valence-electron chi connectivity index (χ3n) is 2.73. The Morgan fingerprint density at radius 2 is 1.70 bits per heavy atom. The molecular weight excluding hydrogens is 279 g/mol. The Morgan fingerprint density at radius 1 is 1.20 bits per heavy atom. The minimum Gasteiger partial charge on any atom is -0.307 e. The van der Waals surface area contributed by atoms with E-state index in [-0.39, 0.29) is 6.04 Å². The third-order valence-corrected chi connectivity index (χ3v) is 4.82. The van der Waals surface area contributed by atoms with Gasteiger partial charge in [-0.2, -0.15) is 0 Å². The van der Waals surface area contributed by atoms with Crippen LogP contribution in [0.2, 0.25) is 0 Å². The molecule has 2 amide bonds. The SMILES string of the molecule is COP(=O)(OC)N(C(=O)Nc1ccc(C)cc1)C(C)C. The number of anilines is 1.